The van der Waals surface area contributed by atoms with E-state index < -0.39 is 0 Å². The van der Waals surface area contributed by atoms with E-state index in [1.54, 1.807) is 0 Å². The molecule has 3 heterocycles. The SMILES string of the molecule is Cn1c(C(=O)N2CCCC2)cc2oc(Br)cc21. The molecular weight excluding hydrogens is 284 g/mol. The molecule has 0 radical (unpaired) electrons. The molecule has 0 spiro atoms. The van der Waals surface area contributed by atoms with Crippen molar-refractivity contribution in [3.63, 3.8) is 0 Å². The van der Waals surface area contributed by atoms with Gasteiger partial charge in [0.05, 0.1) is 5.52 Å². The summed E-state index contributed by atoms with van der Waals surface area (Å²) in [5, 5.41) is 0. The minimum absolute atomic E-state index is 0.104. The smallest absolute Gasteiger partial charge is 0.270 e. The van der Waals surface area contributed by atoms with Crippen LogP contribution in [0.5, 0.6) is 0 Å². The molecule has 0 bridgehead atoms. The molecule has 0 N–H and O–H groups in total. The fourth-order valence-electron chi connectivity index (χ4n) is 2.37. The van der Waals surface area contributed by atoms with Gasteiger partial charge in [-0.2, -0.15) is 0 Å². The summed E-state index contributed by atoms with van der Waals surface area (Å²) in [7, 11) is 1.90. The second-order valence-electron chi connectivity index (χ2n) is 4.39. The number of likely N-dealkylation sites (tertiary alicyclic amines) is 1. The van der Waals surface area contributed by atoms with E-state index in [-0.39, 0.29) is 5.91 Å². The molecular formula is C12H13BrN2O2. The number of hydrogen-bond donors (Lipinski definition) is 0. The van der Waals surface area contributed by atoms with E-state index in [1.807, 2.05) is 28.6 Å². The van der Waals surface area contributed by atoms with Crippen molar-refractivity contribution in [3.05, 3.63) is 22.5 Å². The second-order valence-corrected chi connectivity index (χ2v) is 5.17. The lowest BCUT2D eigenvalue weighted by Crippen LogP contribution is -2.29. The molecule has 5 heteroatoms. The fourth-order valence-corrected chi connectivity index (χ4v) is 2.76. The van der Waals surface area contributed by atoms with Gasteiger partial charge in [-0.25, -0.2) is 0 Å². The van der Waals surface area contributed by atoms with Gasteiger partial charge < -0.3 is 13.9 Å². The van der Waals surface area contributed by atoms with Gasteiger partial charge in [0.1, 0.15) is 5.69 Å². The Labute approximate surface area is 107 Å². The van der Waals surface area contributed by atoms with Gasteiger partial charge in [0, 0.05) is 32.3 Å². The molecule has 1 saturated heterocycles. The average Bonchev–Trinajstić information content (AvgIpc) is 2.96. The first-order valence-corrected chi connectivity index (χ1v) is 6.50. The van der Waals surface area contributed by atoms with Crippen LogP contribution >= 0.6 is 15.9 Å². The van der Waals surface area contributed by atoms with Gasteiger partial charge in [-0.15, -0.1) is 0 Å². The highest BCUT2D eigenvalue weighted by atomic mass is 79.9. The Hall–Kier alpha value is -1.23. The summed E-state index contributed by atoms with van der Waals surface area (Å²) in [4.78, 5) is 14.2. The molecule has 0 aromatic carbocycles. The lowest BCUT2D eigenvalue weighted by Gasteiger charge is -2.15. The van der Waals surface area contributed by atoms with Crippen LogP contribution in [0.3, 0.4) is 0 Å². The van der Waals surface area contributed by atoms with E-state index in [0.717, 1.165) is 37.0 Å². The van der Waals surface area contributed by atoms with Gasteiger partial charge in [0.2, 0.25) is 0 Å². The van der Waals surface area contributed by atoms with E-state index in [2.05, 4.69) is 15.9 Å². The number of aryl methyl sites for hydroxylation is 1. The maximum absolute atomic E-state index is 12.3. The Morgan fingerprint density at radius 3 is 2.71 bits per heavy atom. The van der Waals surface area contributed by atoms with E-state index in [4.69, 9.17) is 4.42 Å². The molecule has 1 amide bonds. The van der Waals surface area contributed by atoms with Crippen LogP contribution in [0.1, 0.15) is 23.3 Å². The number of carbonyl (C=O) groups excluding carboxylic acids is 1. The average molecular weight is 297 g/mol. The highest BCUT2D eigenvalue weighted by Gasteiger charge is 2.23. The summed E-state index contributed by atoms with van der Waals surface area (Å²) in [6.07, 6.45) is 2.22. The number of fused-ring (bicyclic) bond motifs is 1. The third-order valence-corrected chi connectivity index (χ3v) is 3.70. The number of rotatable bonds is 1. The van der Waals surface area contributed by atoms with Crippen LogP contribution in [-0.2, 0) is 7.05 Å². The summed E-state index contributed by atoms with van der Waals surface area (Å²) in [5.74, 6) is 0.104. The zero-order valence-corrected chi connectivity index (χ0v) is 11.2. The first kappa shape index (κ1) is 10.9. The van der Waals surface area contributed by atoms with E-state index in [9.17, 15) is 4.79 Å². The summed E-state index contributed by atoms with van der Waals surface area (Å²) in [6.45, 7) is 1.74. The van der Waals surface area contributed by atoms with Crippen LogP contribution in [0.4, 0.5) is 0 Å². The van der Waals surface area contributed by atoms with Crippen LogP contribution < -0.4 is 0 Å². The molecule has 3 rings (SSSR count). The topological polar surface area (TPSA) is 38.4 Å². The van der Waals surface area contributed by atoms with Crippen LogP contribution in [0, 0.1) is 0 Å². The fraction of sp³-hybridized carbons (Fsp3) is 0.417. The van der Waals surface area contributed by atoms with Crippen molar-refractivity contribution in [1.82, 2.24) is 9.47 Å². The molecule has 17 heavy (non-hydrogen) atoms. The number of aromatic nitrogens is 1. The monoisotopic (exact) mass is 296 g/mol. The summed E-state index contributed by atoms with van der Waals surface area (Å²) in [6, 6.07) is 3.71. The number of hydrogen-bond acceptors (Lipinski definition) is 2. The van der Waals surface area contributed by atoms with Crippen molar-refractivity contribution < 1.29 is 9.21 Å². The van der Waals surface area contributed by atoms with Gasteiger partial charge in [0.25, 0.3) is 5.91 Å². The Kier molecular flexibility index (Phi) is 2.50. The molecule has 2 aromatic rings. The van der Waals surface area contributed by atoms with Crippen LogP contribution in [-0.4, -0.2) is 28.5 Å². The molecule has 1 fully saturated rings. The molecule has 90 valence electrons. The number of amides is 1. The molecule has 2 aromatic heterocycles. The third kappa shape index (κ3) is 1.69. The minimum Gasteiger partial charge on any atom is -0.448 e. The first-order valence-electron chi connectivity index (χ1n) is 5.71. The Morgan fingerprint density at radius 2 is 2.06 bits per heavy atom. The van der Waals surface area contributed by atoms with Crippen molar-refractivity contribution in [2.75, 3.05) is 13.1 Å². The molecule has 0 aliphatic carbocycles. The van der Waals surface area contributed by atoms with Crippen molar-refractivity contribution in [3.8, 4) is 0 Å². The zero-order chi connectivity index (χ0) is 12.0. The van der Waals surface area contributed by atoms with E-state index >= 15 is 0 Å². The van der Waals surface area contributed by atoms with Gasteiger partial charge in [0.15, 0.2) is 10.3 Å². The molecule has 0 saturated carbocycles. The normalized spacial score (nSPS) is 16.0. The first-order chi connectivity index (χ1) is 8.16. The summed E-state index contributed by atoms with van der Waals surface area (Å²) < 4.78 is 8.05. The lowest BCUT2D eigenvalue weighted by atomic mass is 10.3. The maximum atomic E-state index is 12.3. The summed E-state index contributed by atoms with van der Waals surface area (Å²) in [5.41, 5.74) is 2.40. The second kappa shape index (κ2) is 3.91. The Bertz CT molecular complexity index is 579. The zero-order valence-electron chi connectivity index (χ0n) is 9.57. The molecule has 0 atom stereocenters. The van der Waals surface area contributed by atoms with Crippen LogP contribution in [0.25, 0.3) is 11.1 Å². The Balaban J connectivity index is 2.02. The minimum atomic E-state index is 0.104. The van der Waals surface area contributed by atoms with E-state index in [0.29, 0.717) is 10.4 Å². The Morgan fingerprint density at radius 1 is 1.35 bits per heavy atom. The van der Waals surface area contributed by atoms with Crippen molar-refractivity contribution in [1.29, 1.82) is 0 Å². The lowest BCUT2D eigenvalue weighted by molar-refractivity contribution is 0.0784. The quantitative estimate of drug-likeness (QED) is 0.812. The van der Waals surface area contributed by atoms with Gasteiger partial charge in [-0.05, 0) is 28.8 Å². The molecule has 1 aliphatic heterocycles. The van der Waals surface area contributed by atoms with Gasteiger partial charge >= 0.3 is 0 Å². The predicted molar refractivity (Wildman–Crippen MR) is 68.0 cm³/mol. The molecule has 0 unspecified atom stereocenters. The number of nitrogens with zero attached hydrogens (tertiary/aromatic N) is 2. The standard InChI is InChI=1S/C12H13BrN2O2/c1-14-8-7-11(13)17-10(8)6-9(14)12(16)15-4-2-3-5-15/h6-7H,2-5H2,1H3. The summed E-state index contributed by atoms with van der Waals surface area (Å²) >= 11 is 3.29. The maximum Gasteiger partial charge on any atom is 0.270 e. The van der Waals surface area contributed by atoms with Gasteiger partial charge in [-0.1, -0.05) is 0 Å². The van der Waals surface area contributed by atoms with Crippen molar-refractivity contribution in [2.24, 2.45) is 7.05 Å². The van der Waals surface area contributed by atoms with Gasteiger partial charge in [-0.3, -0.25) is 4.79 Å². The third-order valence-electron chi connectivity index (χ3n) is 3.31. The number of carbonyl (C=O) groups is 1. The molecule has 4 nitrogen and oxygen atoms in total. The number of furan rings is 1. The molecule has 1 aliphatic rings. The van der Waals surface area contributed by atoms with Crippen molar-refractivity contribution >= 4 is 32.9 Å². The van der Waals surface area contributed by atoms with Crippen LogP contribution in [0.2, 0.25) is 0 Å². The predicted octanol–water partition coefficient (Wildman–Crippen LogP) is 2.77. The highest BCUT2D eigenvalue weighted by Crippen LogP contribution is 2.27. The van der Waals surface area contributed by atoms with E-state index in [1.165, 1.54) is 0 Å². The highest BCUT2D eigenvalue weighted by molar-refractivity contribution is 9.10. The van der Waals surface area contributed by atoms with Crippen molar-refractivity contribution in [2.45, 2.75) is 12.8 Å². The number of halogens is 1. The van der Waals surface area contributed by atoms with Crippen LogP contribution in [0.15, 0.2) is 21.2 Å². The largest absolute Gasteiger partial charge is 0.448 e.